The van der Waals surface area contributed by atoms with Gasteiger partial charge in [0.05, 0.1) is 17.1 Å². The van der Waals surface area contributed by atoms with E-state index >= 15 is 0 Å². The molecule has 0 aliphatic carbocycles. The quantitative estimate of drug-likeness (QED) is 0.425. The van der Waals surface area contributed by atoms with E-state index in [4.69, 9.17) is 4.74 Å². The van der Waals surface area contributed by atoms with Crippen LogP contribution in [-0.2, 0) is 14.8 Å². The summed E-state index contributed by atoms with van der Waals surface area (Å²) in [5, 5.41) is 2.68. The van der Waals surface area contributed by atoms with Gasteiger partial charge >= 0.3 is 0 Å². The first kappa shape index (κ1) is 25.2. The molecule has 6 nitrogen and oxygen atoms in total. The fourth-order valence-corrected chi connectivity index (χ4v) is 4.68. The first-order valence-corrected chi connectivity index (χ1v) is 12.5. The number of halogens is 1. The third-order valence-corrected chi connectivity index (χ3v) is 7.04. The lowest BCUT2D eigenvalue weighted by molar-refractivity contribution is -0.119. The number of anilines is 1. The molecule has 34 heavy (non-hydrogen) atoms. The number of nitrogens with one attached hydrogen (secondary N) is 1. The summed E-state index contributed by atoms with van der Waals surface area (Å²) < 4.78 is 46.4. The molecule has 0 unspecified atom stereocenters. The van der Waals surface area contributed by atoms with Crippen LogP contribution in [0.25, 0.3) is 0 Å². The number of sulfonamides is 1. The maximum absolute atomic E-state index is 13.4. The van der Waals surface area contributed by atoms with E-state index in [1.807, 2.05) is 19.1 Å². The Balaban J connectivity index is 1.73. The monoisotopic (exact) mass is 484 g/mol. The summed E-state index contributed by atoms with van der Waals surface area (Å²) in [7, 11) is -3.97. The van der Waals surface area contributed by atoms with E-state index in [9.17, 15) is 17.6 Å². The van der Waals surface area contributed by atoms with Gasteiger partial charge in [0, 0.05) is 0 Å². The summed E-state index contributed by atoms with van der Waals surface area (Å²) in [6, 6.07) is 19.2. The van der Waals surface area contributed by atoms with Gasteiger partial charge < -0.3 is 10.1 Å². The summed E-state index contributed by atoms with van der Waals surface area (Å²) in [6.07, 6.45) is 0. The second-order valence-electron chi connectivity index (χ2n) is 8.22. The van der Waals surface area contributed by atoms with Gasteiger partial charge in [0.15, 0.2) is 0 Å². The van der Waals surface area contributed by atoms with Crippen molar-refractivity contribution in [2.45, 2.75) is 31.6 Å². The molecule has 0 fully saturated rings. The van der Waals surface area contributed by atoms with E-state index in [1.54, 1.807) is 24.3 Å². The highest BCUT2D eigenvalue weighted by Gasteiger charge is 2.27. The molecule has 3 aromatic rings. The highest BCUT2D eigenvalue weighted by Crippen LogP contribution is 2.26. The van der Waals surface area contributed by atoms with Gasteiger partial charge in [-0.2, -0.15) is 0 Å². The molecule has 3 rings (SSSR count). The molecule has 0 saturated heterocycles. The molecule has 0 radical (unpaired) electrons. The number of aryl methyl sites for hydroxylation is 1. The standard InChI is InChI=1S/C26H29FN2O4S/c1-19(2)21-6-10-23(11-7-21)29(34(31,32)25-14-4-20(3)5-15-25)18-26(30)28-16-17-33-24-12-8-22(27)9-13-24/h4-15,19H,16-18H2,1-3H3,(H,28,30). The van der Waals surface area contributed by atoms with Gasteiger partial charge in [-0.25, -0.2) is 12.8 Å². The number of benzene rings is 3. The SMILES string of the molecule is Cc1ccc(S(=O)(=O)N(CC(=O)NCCOc2ccc(F)cc2)c2ccc(C(C)C)cc2)cc1. The number of ether oxygens (including phenoxy) is 1. The molecule has 8 heteroatoms. The normalized spacial score (nSPS) is 11.3. The second-order valence-corrected chi connectivity index (χ2v) is 10.1. The zero-order valence-electron chi connectivity index (χ0n) is 19.5. The summed E-state index contributed by atoms with van der Waals surface area (Å²) in [5.41, 5.74) is 2.41. The molecule has 0 saturated carbocycles. The number of carbonyl (C=O) groups is 1. The smallest absolute Gasteiger partial charge is 0.264 e. The molecule has 1 amide bonds. The van der Waals surface area contributed by atoms with E-state index < -0.39 is 15.9 Å². The van der Waals surface area contributed by atoms with Crippen molar-refractivity contribution in [1.29, 1.82) is 0 Å². The predicted molar refractivity (Wildman–Crippen MR) is 131 cm³/mol. The zero-order valence-corrected chi connectivity index (χ0v) is 20.3. The Bertz CT molecular complexity index is 1190. The Kier molecular flexibility index (Phi) is 8.28. The summed E-state index contributed by atoms with van der Waals surface area (Å²) in [4.78, 5) is 12.8. The van der Waals surface area contributed by atoms with Gasteiger partial charge in [-0.05, 0) is 66.9 Å². The van der Waals surface area contributed by atoms with E-state index in [-0.39, 0.29) is 30.4 Å². The van der Waals surface area contributed by atoms with Crippen LogP contribution in [0.4, 0.5) is 10.1 Å². The Morgan fingerprint density at radius 1 is 0.971 bits per heavy atom. The highest BCUT2D eigenvalue weighted by atomic mass is 32.2. The topological polar surface area (TPSA) is 75.7 Å². The van der Waals surface area contributed by atoms with Crippen LogP contribution >= 0.6 is 0 Å². The maximum Gasteiger partial charge on any atom is 0.264 e. The Hall–Kier alpha value is -3.39. The number of carbonyl (C=O) groups excluding carboxylic acids is 1. The Labute approximate surface area is 200 Å². The Morgan fingerprint density at radius 3 is 2.18 bits per heavy atom. The number of nitrogens with zero attached hydrogens (tertiary/aromatic N) is 1. The first-order valence-electron chi connectivity index (χ1n) is 11.0. The van der Waals surface area contributed by atoms with Gasteiger partial charge in [0.25, 0.3) is 10.0 Å². The van der Waals surface area contributed by atoms with Gasteiger partial charge in [0.2, 0.25) is 5.91 Å². The largest absolute Gasteiger partial charge is 0.492 e. The van der Waals surface area contributed by atoms with Crippen LogP contribution in [0.3, 0.4) is 0 Å². The van der Waals surface area contributed by atoms with Crippen LogP contribution < -0.4 is 14.4 Å². The van der Waals surface area contributed by atoms with Crippen molar-refractivity contribution in [2.75, 3.05) is 24.0 Å². The first-order chi connectivity index (χ1) is 16.2. The molecule has 0 aliphatic rings. The Morgan fingerprint density at radius 2 is 1.59 bits per heavy atom. The van der Waals surface area contributed by atoms with Gasteiger partial charge in [-0.3, -0.25) is 9.10 Å². The lowest BCUT2D eigenvalue weighted by Gasteiger charge is -2.24. The number of rotatable bonds is 10. The fraction of sp³-hybridized carbons (Fsp3) is 0.269. The number of amides is 1. The predicted octanol–water partition coefficient (Wildman–Crippen LogP) is 4.65. The van der Waals surface area contributed by atoms with Crippen molar-refractivity contribution in [3.8, 4) is 5.75 Å². The van der Waals surface area contributed by atoms with Crippen molar-refractivity contribution in [1.82, 2.24) is 5.32 Å². The average Bonchev–Trinajstić information content (AvgIpc) is 2.81. The molecule has 0 heterocycles. The van der Waals surface area contributed by atoms with Gasteiger partial charge in [0.1, 0.15) is 24.7 Å². The van der Waals surface area contributed by atoms with Crippen molar-refractivity contribution in [3.05, 3.63) is 89.7 Å². The molecule has 180 valence electrons. The van der Waals surface area contributed by atoms with Crippen LogP contribution in [0.15, 0.2) is 77.7 Å². The van der Waals surface area contributed by atoms with Gasteiger partial charge in [-0.1, -0.05) is 43.7 Å². The van der Waals surface area contributed by atoms with E-state index in [1.165, 1.54) is 36.4 Å². The molecule has 1 N–H and O–H groups in total. The number of hydrogen-bond donors (Lipinski definition) is 1. The molecule has 0 spiro atoms. The van der Waals surface area contributed by atoms with Crippen molar-refractivity contribution in [3.63, 3.8) is 0 Å². The molecule has 0 aromatic heterocycles. The molecule has 3 aromatic carbocycles. The fourth-order valence-electron chi connectivity index (χ4n) is 3.25. The highest BCUT2D eigenvalue weighted by molar-refractivity contribution is 7.92. The summed E-state index contributed by atoms with van der Waals surface area (Å²) in [5.74, 6) is -0.0617. The van der Waals surface area contributed by atoms with Crippen LogP contribution in [0, 0.1) is 12.7 Å². The van der Waals surface area contributed by atoms with Crippen LogP contribution in [0.5, 0.6) is 5.75 Å². The van der Waals surface area contributed by atoms with E-state index in [0.29, 0.717) is 17.4 Å². The molecular formula is C26H29FN2O4S. The average molecular weight is 485 g/mol. The van der Waals surface area contributed by atoms with Crippen LogP contribution in [0.1, 0.15) is 30.9 Å². The third kappa shape index (κ3) is 6.57. The number of hydrogen-bond acceptors (Lipinski definition) is 4. The van der Waals surface area contributed by atoms with Crippen LogP contribution in [-0.4, -0.2) is 34.0 Å². The summed E-state index contributed by atoms with van der Waals surface area (Å²) in [6.45, 7) is 5.93. The van der Waals surface area contributed by atoms with Crippen molar-refractivity contribution >= 4 is 21.6 Å². The minimum Gasteiger partial charge on any atom is -0.492 e. The van der Waals surface area contributed by atoms with Crippen molar-refractivity contribution < 1.29 is 22.3 Å². The van der Waals surface area contributed by atoms with Gasteiger partial charge in [-0.15, -0.1) is 0 Å². The van der Waals surface area contributed by atoms with Crippen molar-refractivity contribution in [2.24, 2.45) is 0 Å². The molecule has 0 bridgehead atoms. The molecule has 0 atom stereocenters. The molecular weight excluding hydrogens is 455 g/mol. The molecule has 0 aliphatic heterocycles. The minimum atomic E-state index is -3.97. The van der Waals surface area contributed by atoms with Crippen LogP contribution in [0.2, 0.25) is 0 Å². The van der Waals surface area contributed by atoms with E-state index in [0.717, 1.165) is 15.4 Å². The second kappa shape index (κ2) is 11.2. The van der Waals surface area contributed by atoms with E-state index in [2.05, 4.69) is 19.2 Å². The third-order valence-electron chi connectivity index (χ3n) is 5.25. The lowest BCUT2D eigenvalue weighted by atomic mass is 10.0. The zero-order chi connectivity index (χ0) is 24.7. The maximum atomic E-state index is 13.4. The summed E-state index contributed by atoms with van der Waals surface area (Å²) >= 11 is 0. The minimum absolute atomic E-state index is 0.110. The lowest BCUT2D eigenvalue weighted by Crippen LogP contribution is -2.41.